The monoisotopic (exact) mass is 292 g/mol. The van der Waals surface area contributed by atoms with E-state index in [1.807, 2.05) is 6.92 Å². The molecule has 1 atom stereocenters. The van der Waals surface area contributed by atoms with Crippen LogP contribution in [0.5, 0.6) is 0 Å². The Bertz CT molecular complexity index is 440. The molecule has 100 valence electrons. The lowest BCUT2D eigenvalue weighted by atomic mass is 10.1. The van der Waals surface area contributed by atoms with Crippen molar-refractivity contribution >= 4 is 29.1 Å². The van der Waals surface area contributed by atoms with Crippen LogP contribution in [-0.4, -0.2) is 12.5 Å². The van der Waals surface area contributed by atoms with Gasteiger partial charge in [0.25, 0.3) is 0 Å². The van der Waals surface area contributed by atoms with Gasteiger partial charge in [-0.05, 0) is 37.6 Å². The Hall–Kier alpha value is -0.840. The Balaban J connectivity index is 2.58. The average Bonchev–Trinajstić information content (AvgIpc) is 2.28. The standard InChI is InChI=1S/C12H15Cl2FN2O/c1-7(17-4-2-3-12(16)18)8-5-11(15)10(14)6-9(8)13/h5-7,17H,2-4H2,1H3,(H2,16,18). The molecular formula is C12H15Cl2FN2O. The van der Waals surface area contributed by atoms with E-state index in [1.165, 1.54) is 12.1 Å². The lowest BCUT2D eigenvalue weighted by Gasteiger charge is -2.16. The molecule has 0 fully saturated rings. The minimum absolute atomic E-state index is 0.00433. The third kappa shape index (κ3) is 4.44. The molecule has 1 rings (SSSR count). The summed E-state index contributed by atoms with van der Waals surface area (Å²) in [5.74, 6) is -0.832. The van der Waals surface area contributed by atoms with E-state index in [1.54, 1.807) is 0 Å². The molecule has 1 unspecified atom stereocenters. The highest BCUT2D eigenvalue weighted by Gasteiger charge is 2.12. The van der Waals surface area contributed by atoms with Crippen molar-refractivity contribution in [1.29, 1.82) is 0 Å². The second-order valence-electron chi connectivity index (χ2n) is 4.03. The molecule has 3 nitrogen and oxygen atoms in total. The van der Waals surface area contributed by atoms with Gasteiger partial charge in [0.05, 0.1) is 5.02 Å². The number of rotatable bonds is 6. The average molecular weight is 293 g/mol. The molecule has 0 saturated heterocycles. The summed E-state index contributed by atoms with van der Waals surface area (Å²) >= 11 is 11.6. The van der Waals surface area contributed by atoms with Gasteiger partial charge in [-0.15, -0.1) is 0 Å². The highest BCUT2D eigenvalue weighted by atomic mass is 35.5. The largest absolute Gasteiger partial charge is 0.370 e. The van der Waals surface area contributed by atoms with Crippen molar-refractivity contribution in [3.8, 4) is 0 Å². The third-order valence-electron chi connectivity index (χ3n) is 2.56. The number of nitrogens with one attached hydrogen (secondary N) is 1. The van der Waals surface area contributed by atoms with E-state index in [9.17, 15) is 9.18 Å². The van der Waals surface area contributed by atoms with Crippen molar-refractivity contribution < 1.29 is 9.18 Å². The number of carbonyl (C=O) groups is 1. The molecule has 1 amide bonds. The lowest BCUT2D eigenvalue weighted by molar-refractivity contribution is -0.118. The van der Waals surface area contributed by atoms with Gasteiger partial charge >= 0.3 is 0 Å². The molecule has 0 aliphatic rings. The zero-order valence-corrected chi connectivity index (χ0v) is 11.5. The van der Waals surface area contributed by atoms with Crippen LogP contribution >= 0.6 is 23.2 Å². The van der Waals surface area contributed by atoms with E-state index in [2.05, 4.69) is 5.32 Å². The summed E-state index contributed by atoms with van der Waals surface area (Å²) in [6.45, 7) is 2.46. The Morgan fingerprint density at radius 1 is 1.44 bits per heavy atom. The minimum Gasteiger partial charge on any atom is -0.370 e. The number of hydrogen-bond acceptors (Lipinski definition) is 2. The Morgan fingerprint density at radius 3 is 2.72 bits per heavy atom. The van der Waals surface area contributed by atoms with Gasteiger partial charge in [-0.25, -0.2) is 4.39 Å². The zero-order chi connectivity index (χ0) is 13.7. The quantitative estimate of drug-likeness (QED) is 0.625. The molecule has 0 saturated carbocycles. The van der Waals surface area contributed by atoms with Gasteiger partial charge in [-0.3, -0.25) is 4.79 Å². The first-order valence-electron chi connectivity index (χ1n) is 5.58. The molecule has 0 heterocycles. The van der Waals surface area contributed by atoms with Crippen LogP contribution in [0.1, 0.15) is 31.4 Å². The molecule has 0 aliphatic heterocycles. The van der Waals surface area contributed by atoms with Crippen LogP contribution in [0.4, 0.5) is 4.39 Å². The van der Waals surface area contributed by atoms with Crippen LogP contribution in [0.15, 0.2) is 12.1 Å². The van der Waals surface area contributed by atoms with E-state index in [-0.39, 0.29) is 17.0 Å². The topological polar surface area (TPSA) is 55.1 Å². The number of carbonyl (C=O) groups excluding carboxylic acids is 1. The first-order valence-corrected chi connectivity index (χ1v) is 6.33. The van der Waals surface area contributed by atoms with Crippen molar-refractivity contribution in [3.63, 3.8) is 0 Å². The zero-order valence-electron chi connectivity index (χ0n) is 9.97. The highest BCUT2D eigenvalue weighted by Crippen LogP contribution is 2.28. The molecule has 0 bridgehead atoms. The molecule has 1 aromatic rings. The summed E-state index contributed by atoms with van der Waals surface area (Å²) in [5.41, 5.74) is 5.67. The first kappa shape index (κ1) is 15.2. The normalized spacial score (nSPS) is 12.4. The van der Waals surface area contributed by atoms with E-state index >= 15 is 0 Å². The number of amides is 1. The number of halogens is 3. The molecule has 6 heteroatoms. The van der Waals surface area contributed by atoms with Crippen molar-refractivity contribution in [1.82, 2.24) is 5.32 Å². The second kappa shape index (κ2) is 6.92. The van der Waals surface area contributed by atoms with Gasteiger partial charge in [0.15, 0.2) is 0 Å². The maximum atomic E-state index is 13.3. The minimum atomic E-state index is -0.498. The number of nitrogens with two attached hydrogens (primary N) is 1. The summed E-state index contributed by atoms with van der Waals surface area (Å²) in [6.07, 6.45) is 0.954. The molecule has 1 aromatic carbocycles. The third-order valence-corrected chi connectivity index (χ3v) is 3.17. The molecule has 0 aromatic heterocycles. The van der Waals surface area contributed by atoms with Crippen LogP contribution in [-0.2, 0) is 4.79 Å². The second-order valence-corrected chi connectivity index (χ2v) is 4.85. The van der Waals surface area contributed by atoms with Gasteiger partial charge in [-0.2, -0.15) is 0 Å². The van der Waals surface area contributed by atoms with Crippen molar-refractivity contribution in [2.45, 2.75) is 25.8 Å². The summed E-state index contributed by atoms with van der Waals surface area (Å²) in [7, 11) is 0. The maximum absolute atomic E-state index is 13.3. The van der Waals surface area contributed by atoms with E-state index in [0.29, 0.717) is 30.0 Å². The van der Waals surface area contributed by atoms with Crippen LogP contribution in [0.3, 0.4) is 0 Å². The number of hydrogen-bond donors (Lipinski definition) is 2. The van der Waals surface area contributed by atoms with Gasteiger partial charge in [0, 0.05) is 17.5 Å². The summed E-state index contributed by atoms with van der Waals surface area (Å²) in [6, 6.07) is 2.57. The van der Waals surface area contributed by atoms with Crippen LogP contribution in [0.25, 0.3) is 0 Å². The van der Waals surface area contributed by atoms with E-state index < -0.39 is 5.82 Å². The fourth-order valence-corrected chi connectivity index (χ4v) is 2.11. The summed E-state index contributed by atoms with van der Waals surface area (Å²) in [4.78, 5) is 10.6. The molecule has 0 radical (unpaired) electrons. The SMILES string of the molecule is CC(NCCCC(N)=O)c1cc(F)c(Cl)cc1Cl. The molecule has 18 heavy (non-hydrogen) atoms. The summed E-state index contributed by atoms with van der Waals surface area (Å²) in [5, 5.41) is 3.56. The molecule has 3 N–H and O–H groups in total. The first-order chi connectivity index (χ1) is 8.41. The molecule has 0 aliphatic carbocycles. The van der Waals surface area contributed by atoms with Crippen molar-refractivity contribution in [3.05, 3.63) is 33.6 Å². The van der Waals surface area contributed by atoms with Crippen LogP contribution in [0, 0.1) is 5.82 Å². The Morgan fingerprint density at radius 2 is 2.11 bits per heavy atom. The van der Waals surface area contributed by atoms with Gasteiger partial charge in [-0.1, -0.05) is 23.2 Å². The number of primary amides is 1. The maximum Gasteiger partial charge on any atom is 0.217 e. The number of benzene rings is 1. The lowest BCUT2D eigenvalue weighted by Crippen LogP contribution is -2.22. The molecule has 0 spiro atoms. The summed E-state index contributed by atoms with van der Waals surface area (Å²) < 4.78 is 13.3. The van der Waals surface area contributed by atoms with Crippen LogP contribution < -0.4 is 11.1 Å². The van der Waals surface area contributed by atoms with Gasteiger partial charge in [0.2, 0.25) is 5.91 Å². The predicted octanol–water partition coefficient (Wildman–Crippen LogP) is 3.05. The van der Waals surface area contributed by atoms with E-state index in [0.717, 1.165) is 0 Å². The smallest absolute Gasteiger partial charge is 0.217 e. The fraction of sp³-hybridized carbons (Fsp3) is 0.417. The van der Waals surface area contributed by atoms with Crippen molar-refractivity contribution in [2.24, 2.45) is 5.73 Å². The van der Waals surface area contributed by atoms with Gasteiger partial charge in [0.1, 0.15) is 5.82 Å². The fourth-order valence-electron chi connectivity index (χ4n) is 1.56. The highest BCUT2D eigenvalue weighted by molar-refractivity contribution is 6.35. The Labute approximate surface area is 115 Å². The van der Waals surface area contributed by atoms with Crippen LogP contribution in [0.2, 0.25) is 10.0 Å². The van der Waals surface area contributed by atoms with Crippen molar-refractivity contribution in [2.75, 3.05) is 6.54 Å². The molecular weight excluding hydrogens is 278 g/mol. The van der Waals surface area contributed by atoms with Gasteiger partial charge < -0.3 is 11.1 Å². The predicted molar refractivity (Wildman–Crippen MR) is 71.3 cm³/mol. The Kier molecular flexibility index (Phi) is 5.85. The van der Waals surface area contributed by atoms with E-state index in [4.69, 9.17) is 28.9 Å².